The molecule has 5 heteroatoms. The summed E-state index contributed by atoms with van der Waals surface area (Å²) in [7, 11) is 0. The second-order valence-electron chi connectivity index (χ2n) is 7.09. The third-order valence-electron chi connectivity index (χ3n) is 4.35. The molecule has 2 aromatic carbocycles. The summed E-state index contributed by atoms with van der Waals surface area (Å²) >= 11 is 6.28. The first-order chi connectivity index (χ1) is 12.9. The first-order valence-electron chi connectivity index (χ1n) is 9.23. The van der Waals surface area contributed by atoms with E-state index in [9.17, 15) is 9.59 Å². The monoisotopic (exact) mass is 386 g/mol. The number of carbonyl (C=O) groups excluding carboxylic acids is 2. The van der Waals surface area contributed by atoms with E-state index in [2.05, 4.69) is 5.32 Å². The van der Waals surface area contributed by atoms with Gasteiger partial charge in [0.15, 0.2) is 0 Å². The Bertz CT molecular complexity index is 762. The van der Waals surface area contributed by atoms with E-state index in [0.717, 1.165) is 11.1 Å². The Kier molecular flexibility index (Phi) is 7.86. The molecule has 0 radical (unpaired) electrons. The first-order valence-corrected chi connectivity index (χ1v) is 9.60. The number of nitrogens with one attached hydrogen (secondary N) is 1. The van der Waals surface area contributed by atoms with Crippen LogP contribution in [0.5, 0.6) is 0 Å². The average Bonchev–Trinajstić information content (AvgIpc) is 2.65. The number of carbonyl (C=O) groups is 2. The van der Waals surface area contributed by atoms with E-state index in [1.807, 2.05) is 62.4 Å². The molecule has 27 heavy (non-hydrogen) atoms. The van der Waals surface area contributed by atoms with E-state index in [1.165, 1.54) is 0 Å². The number of hydrogen-bond acceptors (Lipinski definition) is 2. The predicted molar refractivity (Wildman–Crippen MR) is 109 cm³/mol. The average molecular weight is 387 g/mol. The van der Waals surface area contributed by atoms with E-state index in [4.69, 9.17) is 11.6 Å². The minimum Gasteiger partial charge on any atom is -0.354 e. The normalized spacial score (nSPS) is 11.9. The molecule has 0 saturated carbocycles. The molecule has 4 nitrogen and oxygen atoms in total. The Morgan fingerprint density at radius 3 is 2.26 bits per heavy atom. The number of amides is 2. The topological polar surface area (TPSA) is 49.4 Å². The van der Waals surface area contributed by atoms with Crippen LogP contribution in [0.2, 0.25) is 5.02 Å². The molecule has 1 N–H and O–H groups in total. The van der Waals surface area contributed by atoms with E-state index >= 15 is 0 Å². The zero-order valence-electron chi connectivity index (χ0n) is 16.1. The first kappa shape index (κ1) is 21.0. The third-order valence-corrected chi connectivity index (χ3v) is 4.72. The van der Waals surface area contributed by atoms with Crippen LogP contribution in [0.15, 0.2) is 54.6 Å². The molecule has 2 amide bonds. The van der Waals surface area contributed by atoms with Crippen LogP contribution in [0.25, 0.3) is 0 Å². The largest absolute Gasteiger partial charge is 0.354 e. The van der Waals surface area contributed by atoms with Crippen molar-refractivity contribution >= 4 is 23.4 Å². The van der Waals surface area contributed by atoms with Gasteiger partial charge in [-0.1, -0.05) is 74.0 Å². The van der Waals surface area contributed by atoms with Crippen molar-refractivity contribution in [2.75, 3.05) is 6.54 Å². The van der Waals surface area contributed by atoms with Gasteiger partial charge in [0, 0.05) is 18.1 Å². The van der Waals surface area contributed by atoms with Crippen LogP contribution < -0.4 is 5.32 Å². The Labute approximate surface area is 166 Å². The fourth-order valence-corrected chi connectivity index (χ4v) is 2.91. The summed E-state index contributed by atoms with van der Waals surface area (Å²) in [6.45, 7) is 6.70. The maximum absolute atomic E-state index is 13.0. The summed E-state index contributed by atoms with van der Waals surface area (Å²) in [5.74, 6) is 0.0867. The van der Waals surface area contributed by atoms with E-state index in [1.54, 1.807) is 17.9 Å². The number of rotatable bonds is 8. The second kappa shape index (κ2) is 10.1. The SMILES string of the molecule is CC(C)CNC(=O)[C@H](C)N(Cc1ccccc1Cl)C(=O)Cc1ccccc1. The number of hydrogen-bond donors (Lipinski definition) is 1. The van der Waals surface area contributed by atoms with Crippen molar-refractivity contribution < 1.29 is 9.59 Å². The molecule has 0 saturated heterocycles. The predicted octanol–water partition coefficient (Wildman–Crippen LogP) is 4.07. The molecular weight excluding hydrogens is 360 g/mol. The van der Waals surface area contributed by atoms with Gasteiger partial charge in [0.25, 0.3) is 0 Å². The van der Waals surface area contributed by atoms with Crippen LogP contribution in [-0.2, 0) is 22.6 Å². The maximum Gasteiger partial charge on any atom is 0.242 e. The lowest BCUT2D eigenvalue weighted by Crippen LogP contribution is -2.48. The lowest BCUT2D eigenvalue weighted by molar-refractivity contribution is -0.140. The Morgan fingerprint density at radius 2 is 1.63 bits per heavy atom. The van der Waals surface area contributed by atoms with Crippen molar-refractivity contribution in [3.63, 3.8) is 0 Å². The highest BCUT2D eigenvalue weighted by molar-refractivity contribution is 6.31. The van der Waals surface area contributed by atoms with Gasteiger partial charge >= 0.3 is 0 Å². The minimum atomic E-state index is -0.587. The van der Waals surface area contributed by atoms with Gasteiger partial charge in [-0.05, 0) is 30.0 Å². The Morgan fingerprint density at radius 1 is 1.00 bits per heavy atom. The molecule has 0 aliphatic rings. The van der Waals surface area contributed by atoms with Crippen molar-refractivity contribution in [2.45, 2.75) is 39.8 Å². The highest BCUT2D eigenvalue weighted by Crippen LogP contribution is 2.19. The molecule has 2 rings (SSSR count). The smallest absolute Gasteiger partial charge is 0.242 e. The standard InChI is InChI=1S/C22H27ClN2O2/c1-16(2)14-24-22(27)17(3)25(15-19-11-7-8-12-20(19)23)21(26)13-18-9-5-4-6-10-18/h4-12,16-17H,13-15H2,1-3H3,(H,24,27)/t17-/m0/s1. The molecule has 144 valence electrons. The summed E-state index contributed by atoms with van der Waals surface area (Å²) in [5, 5.41) is 3.50. The van der Waals surface area contributed by atoms with Crippen LogP contribution in [0, 0.1) is 5.92 Å². The molecule has 2 aromatic rings. The second-order valence-corrected chi connectivity index (χ2v) is 7.50. The van der Waals surface area contributed by atoms with E-state index in [-0.39, 0.29) is 18.2 Å². The summed E-state index contributed by atoms with van der Waals surface area (Å²) in [6, 6.07) is 16.4. The van der Waals surface area contributed by atoms with Crippen molar-refractivity contribution in [1.29, 1.82) is 0 Å². The van der Waals surface area contributed by atoms with Crippen LogP contribution in [0.4, 0.5) is 0 Å². The van der Waals surface area contributed by atoms with Crippen molar-refractivity contribution in [2.24, 2.45) is 5.92 Å². The fraction of sp³-hybridized carbons (Fsp3) is 0.364. The molecule has 1 atom stereocenters. The molecule has 0 fully saturated rings. The molecule has 0 aliphatic carbocycles. The number of benzene rings is 2. The van der Waals surface area contributed by atoms with Gasteiger partial charge in [-0.15, -0.1) is 0 Å². The van der Waals surface area contributed by atoms with Crippen molar-refractivity contribution in [3.05, 3.63) is 70.7 Å². The fourth-order valence-electron chi connectivity index (χ4n) is 2.72. The van der Waals surface area contributed by atoms with Gasteiger partial charge in [-0.3, -0.25) is 9.59 Å². The number of nitrogens with zero attached hydrogens (tertiary/aromatic N) is 1. The van der Waals surface area contributed by atoms with Crippen molar-refractivity contribution in [1.82, 2.24) is 10.2 Å². The van der Waals surface area contributed by atoms with Gasteiger partial charge in [0.2, 0.25) is 11.8 Å². The Hall–Kier alpha value is -2.33. The highest BCUT2D eigenvalue weighted by Gasteiger charge is 2.26. The van der Waals surface area contributed by atoms with Crippen LogP contribution in [0.3, 0.4) is 0 Å². The van der Waals surface area contributed by atoms with Gasteiger partial charge in [0.05, 0.1) is 6.42 Å². The molecule has 0 heterocycles. The molecular formula is C22H27ClN2O2. The van der Waals surface area contributed by atoms with Gasteiger partial charge in [-0.2, -0.15) is 0 Å². The molecule has 0 unspecified atom stereocenters. The zero-order valence-corrected chi connectivity index (χ0v) is 16.9. The maximum atomic E-state index is 13.0. The summed E-state index contributed by atoms with van der Waals surface area (Å²) in [6.07, 6.45) is 0.243. The lowest BCUT2D eigenvalue weighted by Gasteiger charge is -2.29. The molecule has 0 bridgehead atoms. The van der Waals surface area contributed by atoms with Crippen LogP contribution >= 0.6 is 11.6 Å². The number of halogens is 1. The highest BCUT2D eigenvalue weighted by atomic mass is 35.5. The van der Waals surface area contributed by atoms with Gasteiger partial charge in [-0.25, -0.2) is 0 Å². The minimum absolute atomic E-state index is 0.103. The van der Waals surface area contributed by atoms with Crippen molar-refractivity contribution in [3.8, 4) is 0 Å². The van der Waals surface area contributed by atoms with Gasteiger partial charge < -0.3 is 10.2 Å². The van der Waals surface area contributed by atoms with Gasteiger partial charge in [0.1, 0.15) is 6.04 Å². The van der Waals surface area contributed by atoms with E-state index in [0.29, 0.717) is 24.0 Å². The quantitative estimate of drug-likeness (QED) is 0.743. The van der Waals surface area contributed by atoms with Crippen LogP contribution in [-0.4, -0.2) is 29.3 Å². The summed E-state index contributed by atoms with van der Waals surface area (Å²) < 4.78 is 0. The molecule has 0 aliphatic heterocycles. The van der Waals surface area contributed by atoms with E-state index < -0.39 is 6.04 Å². The third kappa shape index (κ3) is 6.40. The zero-order chi connectivity index (χ0) is 19.8. The molecule has 0 aromatic heterocycles. The summed E-state index contributed by atoms with van der Waals surface area (Å²) in [4.78, 5) is 27.2. The van der Waals surface area contributed by atoms with Crippen LogP contribution in [0.1, 0.15) is 31.9 Å². The Balaban J connectivity index is 2.20. The lowest BCUT2D eigenvalue weighted by atomic mass is 10.1. The summed E-state index contributed by atoms with van der Waals surface area (Å²) in [5.41, 5.74) is 1.74. The molecule has 0 spiro atoms.